The highest BCUT2D eigenvalue weighted by Crippen LogP contribution is 2.33. The number of phenolic OH excluding ortho intramolecular Hbond substituents is 1. The summed E-state index contributed by atoms with van der Waals surface area (Å²) in [4.78, 5) is 4.47. The van der Waals surface area contributed by atoms with Crippen molar-refractivity contribution in [3.05, 3.63) is 53.6 Å². The Hall–Kier alpha value is -3.03. The van der Waals surface area contributed by atoms with E-state index in [9.17, 15) is 13.9 Å². The van der Waals surface area contributed by atoms with Crippen molar-refractivity contribution in [2.24, 2.45) is 4.99 Å². The Kier molecular flexibility index (Phi) is 9.01. The molecular weight excluding hydrogens is 380 g/mol. The number of hydrogen-bond donors (Lipinski definition) is 3. The lowest BCUT2D eigenvalue weighted by Crippen LogP contribution is -2.38. The summed E-state index contributed by atoms with van der Waals surface area (Å²) in [5.41, 5.74) is 1.49. The number of nitrogens with zero attached hydrogens (tertiary/aromatic N) is 1. The smallest absolute Gasteiger partial charge is 0.387 e. The Labute approximate surface area is 169 Å². The fourth-order valence-electron chi connectivity index (χ4n) is 2.72. The zero-order valence-electron chi connectivity index (χ0n) is 16.6. The molecule has 0 heterocycles. The molecule has 0 aliphatic carbocycles. The largest absolute Gasteiger partial charge is 0.508 e. The fourth-order valence-corrected chi connectivity index (χ4v) is 2.72. The van der Waals surface area contributed by atoms with E-state index in [1.807, 2.05) is 13.0 Å². The molecular formula is C21H27F2N3O3. The number of phenols is 1. The predicted molar refractivity (Wildman–Crippen MR) is 109 cm³/mol. The van der Waals surface area contributed by atoms with Gasteiger partial charge in [0.1, 0.15) is 5.75 Å². The number of aliphatic imine (C=N–C) groups is 1. The van der Waals surface area contributed by atoms with Gasteiger partial charge in [-0.3, -0.25) is 0 Å². The van der Waals surface area contributed by atoms with E-state index in [2.05, 4.69) is 20.4 Å². The highest BCUT2D eigenvalue weighted by molar-refractivity contribution is 5.79. The van der Waals surface area contributed by atoms with Gasteiger partial charge in [-0.25, -0.2) is 4.99 Å². The van der Waals surface area contributed by atoms with Crippen LogP contribution in [0.2, 0.25) is 0 Å². The number of benzene rings is 2. The Balaban J connectivity index is 2.07. The number of hydrogen-bond acceptors (Lipinski definition) is 4. The summed E-state index contributed by atoms with van der Waals surface area (Å²) in [6, 6.07) is 12.0. The number of para-hydroxylation sites is 1. The topological polar surface area (TPSA) is 75.1 Å². The van der Waals surface area contributed by atoms with E-state index in [1.54, 1.807) is 43.3 Å². The van der Waals surface area contributed by atoms with E-state index in [4.69, 9.17) is 4.74 Å². The molecule has 2 aromatic rings. The minimum atomic E-state index is -2.95. The van der Waals surface area contributed by atoms with Gasteiger partial charge >= 0.3 is 6.61 Å². The monoisotopic (exact) mass is 407 g/mol. The maximum absolute atomic E-state index is 12.8. The van der Waals surface area contributed by atoms with Crippen LogP contribution >= 0.6 is 0 Å². The third-order valence-electron chi connectivity index (χ3n) is 3.94. The van der Waals surface area contributed by atoms with Crippen molar-refractivity contribution in [2.45, 2.75) is 33.4 Å². The van der Waals surface area contributed by atoms with Gasteiger partial charge in [0.15, 0.2) is 17.5 Å². The first-order chi connectivity index (χ1) is 14.0. The van der Waals surface area contributed by atoms with Crippen LogP contribution in [0.3, 0.4) is 0 Å². The molecule has 29 heavy (non-hydrogen) atoms. The second-order valence-electron chi connectivity index (χ2n) is 6.10. The minimum Gasteiger partial charge on any atom is -0.508 e. The van der Waals surface area contributed by atoms with Crippen LogP contribution < -0.4 is 20.1 Å². The first kappa shape index (κ1) is 22.3. The van der Waals surface area contributed by atoms with Gasteiger partial charge in [-0.1, -0.05) is 24.3 Å². The van der Waals surface area contributed by atoms with E-state index < -0.39 is 6.61 Å². The zero-order valence-corrected chi connectivity index (χ0v) is 16.6. The number of halogens is 2. The molecule has 0 spiro atoms. The number of guanidine groups is 1. The first-order valence-electron chi connectivity index (χ1n) is 9.53. The zero-order chi connectivity index (χ0) is 21.1. The van der Waals surface area contributed by atoms with Gasteiger partial charge < -0.3 is 25.2 Å². The number of ether oxygens (including phenoxy) is 2. The lowest BCUT2D eigenvalue weighted by molar-refractivity contribution is -0.0520. The minimum absolute atomic E-state index is 0.00343. The van der Waals surface area contributed by atoms with E-state index in [1.165, 1.54) is 0 Å². The van der Waals surface area contributed by atoms with Gasteiger partial charge in [0, 0.05) is 18.7 Å². The summed E-state index contributed by atoms with van der Waals surface area (Å²) in [5, 5.41) is 15.8. The normalized spacial score (nSPS) is 11.4. The lowest BCUT2D eigenvalue weighted by Gasteiger charge is -2.15. The van der Waals surface area contributed by atoms with Crippen molar-refractivity contribution < 1.29 is 23.4 Å². The summed E-state index contributed by atoms with van der Waals surface area (Å²) in [6.45, 7) is 2.49. The third-order valence-corrected chi connectivity index (χ3v) is 3.94. The third kappa shape index (κ3) is 7.48. The molecule has 0 saturated carbocycles. The SMILES string of the molecule is CCNC(=NCc1cccc(OCC)c1OC(F)F)NCCc1cccc(O)c1. The molecule has 0 aliphatic rings. The van der Waals surface area contributed by atoms with Crippen molar-refractivity contribution in [1.29, 1.82) is 0 Å². The maximum atomic E-state index is 12.8. The fraction of sp³-hybridized carbons (Fsp3) is 0.381. The summed E-state index contributed by atoms with van der Waals surface area (Å²) in [6.07, 6.45) is 0.693. The van der Waals surface area contributed by atoms with E-state index in [0.717, 1.165) is 5.56 Å². The standard InChI is InChI=1S/C21H27F2N3O3/c1-3-24-21(25-12-11-15-7-5-9-17(27)13-15)26-14-16-8-6-10-18(28-4-2)19(16)29-20(22)23/h5-10,13,20,27H,3-4,11-12,14H2,1-2H3,(H2,24,25,26). The molecule has 0 aliphatic heterocycles. The van der Waals surface area contributed by atoms with Crippen LogP contribution in [-0.4, -0.2) is 37.4 Å². The molecule has 0 atom stereocenters. The molecule has 6 nitrogen and oxygen atoms in total. The molecule has 2 aromatic carbocycles. The van der Waals surface area contributed by atoms with E-state index in [-0.39, 0.29) is 23.8 Å². The van der Waals surface area contributed by atoms with Crippen LogP contribution in [0.25, 0.3) is 0 Å². The Morgan fingerprint density at radius 2 is 1.93 bits per heavy atom. The van der Waals surface area contributed by atoms with Crippen LogP contribution in [0.1, 0.15) is 25.0 Å². The predicted octanol–water partition coefficient (Wildman–Crippen LogP) is 3.69. The van der Waals surface area contributed by atoms with Gasteiger partial charge in [0.05, 0.1) is 13.2 Å². The van der Waals surface area contributed by atoms with Crippen molar-refractivity contribution in [3.63, 3.8) is 0 Å². The van der Waals surface area contributed by atoms with Crippen LogP contribution in [0, 0.1) is 0 Å². The van der Waals surface area contributed by atoms with Gasteiger partial charge in [0.2, 0.25) is 0 Å². The number of nitrogens with one attached hydrogen (secondary N) is 2. The van der Waals surface area contributed by atoms with Crippen molar-refractivity contribution in [1.82, 2.24) is 10.6 Å². The summed E-state index contributed by atoms with van der Waals surface area (Å²) >= 11 is 0. The van der Waals surface area contributed by atoms with Crippen LogP contribution in [0.15, 0.2) is 47.5 Å². The molecule has 0 saturated heterocycles. The average molecular weight is 407 g/mol. The summed E-state index contributed by atoms with van der Waals surface area (Å²) < 4.78 is 35.8. The summed E-state index contributed by atoms with van der Waals surface area (Å²) in [7, 11) is 0. The molecule has 3 N–H and O–H groups in total. The molecule has 8 heteroatoms. The number of aromatic hydroxyl groups is 1. The molecule has 0 bridgehead atoms. The molecule has 158 valence electrons. The van der Waals surface area contributed by atoms with E-state index in [0.29, 0.717) is 37.6 Å². The van der Waals surface area contributed by atoms with Gasteiger partial charge in [-0.15, -0.1) is 0 Å². The van der Waals surface area contributed by atoms with Gasteiger partial charge in [0.25, 0.3) is 0 Å². The average Bonchev–Trinajstić information content (AvgIpc) is 2.68. The number of alkyl halides is 2. The molecule has 0 fully saturated rings. The molecule has 0 aromatic heterocycles. The number of rotatable bonds is 10. The lowest BCUT2D eigenvalue weighted by atomic mass is 10.1. The van der Waals surface area contributed by atoms with Crippen LogP contribution in [0.4, 0.5) is 8.78 Å². The summed E-state index contributed by atoms with van der Waals surface area (Å²) in [5.74, 6) is 1.05. The molecule has 0 radical (unpaired) electrons. The molecule has 0 amide bonds. The van der Waals surface area contributed by atoms with E-state index >= 15 is 0 Å². The Morgan fingerprint density at radius 1 is 1.14 bits per heavy atom. The molecule has 0 unspecified atom stereocenters. The quantitative estimate of drug-likeness (QED) is 0.414. The first-order valence-corrected chi connectivity index (χ1v) is 9.53. The maximum Gasteiger partial charge on any atom is 0.387 e. The van der Waals surface area contributed by atoms with Crippen LogP contribution in [-0.2, 0) is 13.0 Å². The highest BCUT2D eigenvalue weighted by atomic mass is 19.3. The van der Waals surface area contributed by atoms with Gasteiger partial charge in [-0.2, -0.15) is 8.78 Å². The van der Waals surface area contributed by atoms with Crippen molar-refractivity contribution >= 4 is 5.96 Å². The van der Waals surface area contributed by atoms with Crippen LogP contribution in [0.5, 0.6) is 17.2 Å². The van der Waals surface area contributed by atoms with Gasteiger partial charge in [-0.05, 0) is 44.0 Å². The Morgan fingerprint density at radius 3 is 2.62 bits per heavy atom. The van der Waals surface area contributed by atoms with Crippen molar-refractivity contribution in [3.8, 4) is 17.2 Å². The second-order valence-corrected chi connectivity index (χ2v) is 6.10. The second kappa shape index (κ2) is 11.7. The highest BCUT2D eigenvalue weighted by Gasteiger charge is 2.15. The molecule has 2 rings (SSSR count). The Bertz CT molecular complexity index is 800. The van der Waals surface area contributed by atoms with Crippen molar-refractivity contribution in [2.75, 3.05) is 19.7 Å².